The van der Waals surface area contributed by atoms with Gasteiger partial charge in [-0.25, -0.2) is 0 Å². The lowest BCUT2D eigenvalue weighted by atomic mass is 10.0. The molecule has 0 N–H and O–H groups in total. The Morgan fingerprint density at radius 2 is 0.629 bits per heavy atom. The number of carbonyl (C=O) groups is 2. The highest BCUT2D eigenvalue weighted by Gasteiger charge is 2.17. The van der Waals surface area contributed by atoms with Gasteiger partial charge in [0.1, 0.15) is 6.61 Å². The molecule has 5 nitrogen and oxygen atoms in total. The van der Waals surface area contributed by atoms with Gasteiger partial charge in [-0.2, -0.15) is 0 Å². The van der Waals surface area contributed by atoms with E-state index < -0.39 is 6.10 Å². The molecule has 0 spiro atoms. The number of carbonyl (C=O) groups excluding carboxylic acids is 2. The molecule has 1 atom stereocenters. The lowest BCUT2D eigenvalue weighted by Crippen LogP contribution is -2.30. The average Bonchev–Trinajstić information content (AvgIpc) is 3.27. The maximum atomic E-state index is 12.8. The van der Waals surface area contributed by atoms with Gasteiger partial charge in [0.2, 0.25) is 0 Å². The predicted octanol–water partition coefficient (Wildman–Crippen LogP) is 18.8. The molecule has 0 aromatic heterocycles. The molecule has 0 saturated carbocycles. The number of esters is 2. The summed E-state index contributed by atoms with van der Waals surface area (Å²) < 4.78 is 17.4. The molecule has 0 bridgehead atoms. The van der Waals surface area contributed by atoms with Crippen LogP contribution in [-0.4, -0.2) is 37.9 Å². The van der Waals surface area contributed by atoms with Crippen molar-refractivity contribution in [3.05, 3.63) is 24.3 Å². The van der Waals surface area contributed by atoms with Crippen LogP contribution in [0.2, 0.25) is 0 Å². The molecule has 1 unspecified atom stereocenters. The number of hydrogen-bond donors (Lipinski definition) is 0. The molecule has 0 aromatic rings. The van der Waals surface area contributed by atoms with Gasteiger partial charge in [-0.05, 0) is 70.6 Å². The van der Waals surface area contributed by atoms with Gasteiger partial charge in [-0.1, -0.05) is 244 Å². The number of ether oxygens (including phenoxy) is 3. The van der Waals surface area contributed by atoms with Gasteiger partial charge in [0.25, 0.3) is 0 Å². The van der Waals surface area contributed by atoms with Crippen LogP contribution in [0.3, 0.4) is 0 Å². The Morgan fingerprint density at radius 3 is 1.00 bits per heavy atom. The highest BCUT2D eigenvalue weighted by atomic mass is 16.6. The lowest BCUT2D eigenvalue weighted by Gasteiger charge is -2.18. The van der Waals surface area contributed by atoms with Crippen molar-refractivity contribution in [2.45, 2.75) is 309 Å². The van der Waals surface area contributed by atoms with Gasteiger partial charge < -0.3 is 14.2 Å². The van der Waals surface area contributed by atoms with Gasteiger partial charge in [0.15, 0.2) is 6.10 Å². The average molecular weight is 873 g/mol. The summed E-state index contributed by atoms with van der Waals surface area (Å²) in [6.07, 6.45) is 63.3. The van der Waals surface area contributed by atoms with Gasteiger partial charge in [0, 0.05) is 19.4 Å². The molecule has 0 heterocycles. The molecule has 0 aromatic carbocycles. The van der Waals surface area contributed by atoms with E-state index >= 15 is 0 Å². The highest BCUT2D eigenvalue weighted by Crippen LogP contribution is 2.16. The second-order valence-electron chi connectivity index (χ2n) is 18.8. The molecule has 0 saturated heterocycles. The molecule has 62 heavy (non-hydrogen) atoms. The Hall–Kier alpha value is -1.62. The Bertz CT molecular complexity index is 943. The van der Waals surface area contributed by atoms with Crippen LogP contribution in [-0.2, 0) is 23.8 Å². The maximum Gasteiger partial charge on any atom is 0.306 e. The third kappa shape index (κ3) is 51.0. The summed E-state index contributed by atoms with van der Waals surface area (Å²) in [6, 6.07) is 0. The van der Waals surface area contributed by atoms with E-state index in [1.807, 2.05) is 0 Å². The van der Waals surface area contributed by atoms with Crippen molar-refractivity contribution >= 4 is 11.9 Å². The van der Waals surface area contributed by atoms with E-state index in [1.165, 1.54) is 231 Å². The Morgan fingerprint density at radius 1 is 0.339 bits per heavy atom. The van der Waals surface area contributed by atoms with Gasteiger partial charge in [-0.15, -0.1) is 0 Å². The van der Waals surface area contributed by atoms with Crippen molar-refractivity contribution in [2.75, 3.05) is 19.8 Å². The molecule has 0 fully saturated rings. The third-order valence-corrected chi connectivity index (χ3v) is 12.5. The van der Waals surface area contributed by atoms with E-state index in [4.69, 9.17) is 14.2 Å². The SMILES string of the molecule is CCCCCC/C=C\CCCCCCCCOCC(COC(=O)CCCCCCCCCCC/C=C\CCCCCCCC)OC(=O)CCCCCCCCCCCCCCC. The van der Waals surface area contributed by atoms with Crippen LogP contribution in [0.1, 0.15) is 303 Å². The summed E-state index contributed by atoms with van der Waals surface area (Å²) in [5.74, 6) is -0.384. The van der Waals surface area contributed by atoms with E-state index in [1.54, 1.807) is 0 Å². The predicted molar refractivity (Wildman–Crippen MR) is 270 cm³/mol. The first-order valence-electron chi connectivity index (χ1n) is 27.9. The lowest BCUT2D eigenvalue weighted by molar-refractivity contribution is -0.163. The number of unbranched alkanes of at least 4 members (excludes halogenated alkanes) is 37. The van der Waals surface area contributed by atoms with Crippen molar-refractivity contribution < 1.29 is 23.8 Å². The summed E-state index contributed by atoms with van der Waals surface area (Å²) in [7, 11) is 0. The molecule has 0 aliphatic carbocycles. The summed E-state index contributed by atoms with van der Waals surface area (Å²) in [5.41, 5.74) is 0. The number of rotatable bonds is 52. The first kappa shape index (κ1) is 60.4. The van der Waals surface area contributed by atoms with E-state index in [2.05, 4.69) is 45.1 Å². The van der Waals surface area contributed by atoms with Crippen molar-refractivity contribution in [1.29, 1.82) is 0 Å². The van der Waals surface area contributed by atoms with Crippen LogP contribution in [0.5, 0.6) is 0 Å². The van der Waals surface area contributed by atoms with Crippen LogP contribution in [0, 0.1) is 0 Å². The molecular formula is C57H108O5. The third-order valence-electron chi connectivity index (χ3n) is 12.5. The van der Waals surface area contributed by atoms with E-state index in [0.717, 1.165) is 38.5 Å². The number of hydrogen-bond acceptors (Lipinski definition) is 5. The Labute approximate surface area is 387 Å². The van der Waals surface area contributed by atoms with Crippen molar-refractivity contribution in [3.8, 4) is 0 Å². The zero-order valence-corrected chi connectivity index (χ0v) is 42.2. The largest absolute Gasteiger partial charge is 0.462 e. The quantitative estimate of drug-likeness (QED) is 0.0346. The minimum Gasteiger partial charge on any atom is -0.462 e. The van der Waals surface area contributed by atoms with Crippen LogP contribution in [0.25, 0.3) is 0 Å². The Balaban J connectivity index is 4.19. The second kappa shape index (κ2) is 53.7. The minimum absolute atomic E-state index is 0.0886. The summed E-state index contributed by atoms with van der Waals surface area (Å²) in [6.45, 7) is 7.85. The smallest absolute Gasteiger partial charge is 0.306 e. The first-order chi connectivity index (χ1) is 30.6. The fraction of sp³-hybridized carbons (Fsp3) is 0.895. The van der Waals surface area contributed by atoms with Crippen LogP contribution in [0.4, 0.5) is 0 Å². The van der Waals surface area contributed by atoms with Gasteiger partial charge >= 0.3 is 11.9 Å². The summed E-state index contributed by atoms with van der Waals surface area (Å²) in [4.78, 5) is 25.4. The molecule has 5 heteroatoms. The molecule has 0 aliphatic heterocycles. The molecule has 366 valence electrons. The van der Waals surface area contributed by atoms with Crippen molar-refractivity contribution in [2.24, 2.45) is 0 Å². The van der Waals surface area contributed by atoms with Crippen molar-refractivity contribution in [3.63, 3.8) is 0 Å². The number of allylic oxidation sites excluding steroid dienone is 4. The fourth-order valence-corrected chi connectivity index (χ4v) is 8.27. The second-order valence-corrected chi connectivity index (χ2v) is 18.8. The zero-order chi connectivity index (χ0) is 44.9. The molecule has 0 radical (unpaired) electrons. The van der Waals surface area contributed by atoms with Crippen LogP contribution >= 0.6 is 0 Å². The van der Waals surface area contributed by atoms with Crippen molar-refractivity contribution in [1.82, 2.24) is 0 Å². The summed E-state index contributed by atoms with van der Waals surface area (Å²) in [5, 5.41) is 0. The minimum atomic E-state index is -0.533. The van der Waals surface area contributed by atoms with E-state index in [0.29, 0.717) is 26.1 Å². The molecule has 0 aliphatic rings. The van der Waals surface area contributed by atoms with E-state index in [9.17, 15) is 9.59 Å². The Kier molecular flexibility index (Phi) is 52.3. The molecular weight excluding hydrogens is 765 g/mol. The van der Waals surface area contributed by atoms with Gasteiger partial charge in [0.05, 0.1) is 6.61 Å². The van der Waals surface area contributed by atoms with Crippen LogP contribution in [0.15, 0.2) is 24.3 Å². The highest BCUT2D eigenvalue weighted by molar-refractivity contribution is 5.70. The molecule has 0 rings (SSSR count). The standard InChI is InChI=1S/C57H108O5/c1-4-7-10-13-16-19-22-25-27-28-29-30-31-33-35-38-41-44-47-50-56(58)61-54-55(53-60-52-49-46-43-40-37-34-26-23-20-17-14-11-8-5-2)62-57(59)51-48-45-42-39-36-32-24-21-18-15-12-9-6-3/h20,23,25,27,55H,4-19,21-22,24,26,28-54H2,1-3H3/b23-20-,27-25-. The van der Waals surface area contributed by atoms with E-state index in [-0.39, 0.29) is 18.5 Å². The molecule has 0 amide bonds. The monoisotopic (exact) mass is 873 g/mol. The van der Waals surface area contributed by atoms with Gasteiger partial charge in [-0.3, -0.25) is 9.59 Å². The fourth-order valence-electron chi connectivity index (χ4n) is 8.27. The first-order valence-corrected chi connectivity index (χ1v) is 27.9. The topological polar surface area (TPSA) is 61.8 Å². The van der Waals surface area contributed by atoms with Crippen LogP contribution < -0.4 is 0 Å². The maximum absolute atomic E-state index is 12.8. The summed E-state index contributed by atoms with van der Waals surface area (Å²) >= 11 is 0. The zero-order valence-electron chi connectivity index (χ0n) is 42.2. The normalized spacial score (nSPS) is 12.2.